The maximum atomic E-state index is 5.83. The predicted molar refractivity (Wildman–Crippen MR) is 52.7 cm³/mol. The van der Waals surface area contributed by atoms with Crippen LogP contribution >= 0.6 is 16.1 Å². The van der Waals surface area contributed by atoms with Gasteiger partial charge in [-0.15, -0.1) is 0 Å². The second kappa shape index (κ2) is 4.64. The standard InChI is InChI=1S/C8H13BrN2O/c1-12-6-8(10)7-2-4-11(9)5-3-7/h2-4,8H,5-6,10H2,1H3/t8-/m0/s1. The van der Waals surface area contributed by atoms with Crippen LogP contribution in [-0.2, 0) is 4.74 Å². The van der Waals surface area contributed by atoms with Crippen LogP contribution < -0.4 is 5.73 Å². The van der Waals surface area contributed by atoms with Crippen molar-refractivity contribution < 1.29 is 4.74 Å². The minimum atomic E-state index is -0.00699. The number of methoxy groups -OCH3 is 1. The SMILES string of the molecule is COC[C@H](N)C1=CCN(Br)C=C1. The first-order chi connectivity index (χ1) is 5.74. The van der Waals surface area contributed by atoms with Gasteiger partial charge in [-0.25, -0.2) is 0 Å². The Morgan fingerprint density at radius 1 is 1.83 bits per heavy atom. The second-order valence-corrected chi connectivity index (χ2v) is 3.57. The fourth-order valence-corrected chi connectivity index (χ4v) is 1.30. The normalized spacial score (nSPS) is 19.2. The zero-order valence-electron chi connectivity index (χ0n) is 7.03. The lowest BCUT2D eigenvalue weighted by atomic mass is 10.1. The van der Waals surface area contributed by atoms with E-state index >= 15 is 0 Å². The van der Waals surface area contributed by atoms with Crippen molar-refractivity contribution in [1.29, 1.82) is 0 Å². The fourth-order valence-electron chi connectivity index (χ4n) is 1.04. The van der Waals surface area contributed by atoms with Gasteiger partial charge in [-0.2, -0.15) is 0 Å². The first-order valence-electron chi connectivity index (χ1n) is 3.79. The maximum absolute atomic E-state index is 5.83. The van der Waals surface area contributed by atoms with Crippen LogP contribution in [0.1, 0.15) is 0 Å². The summed E-state index contributed by atoms with van der Waals surface area (Å²) in [7, 11) is 1.66. The quantitative estimate of drug-likeness (QED) is 0.740. The van der Waals surface area contributed by atoms with Crippen molar-refractivity contribution in [3.63, 3.8) is 0 Å². The summed E-state index contributed by atoms with van der Waals surface area (Å²) in [6, 6.07) is -0.00699. The van der Waals surface area contributed by atoms with Crippen LogP contribution in [0.15, 0.2) is 23.9 Å². The summed E-state index contributed by atoms with van der Waals surface area (Å²) in [6.07, 6.45) is 6.02. The molecule has 0 aromatic heterocycles. The molecule has 0 unspecified atom stereocenters. The molecule has 0 fully saturated rings. The van der Waals surface area contributed by atoms with E-state index in [1.807, 2.05) is 16.2 Å². The molecule has 0 aromatic carbocycles. The minimum Gasteiger partial charge on any atom is -0.383 e. The molecule has 0 aliphatic carbocycles. The van der Waals surface area contributed by atoms with Crippen molar-refractivity contribution in [3.05, 3.63) is 23.9 Å². The summed E-state index contributed by atoms with van der Waals surface area (Å²) in [5.41, 5.74) is 6.96. The van der Waals surface area contributed by atoms with E-state index in [4.69, 9.17) is 10.5 Å². The van der Waals surface area contributed by atoms with Crippen molar-refractivity contribution in [2.45, 2.75) is 6.04 Å². The molecule has 0 aromatic rings. The molecule has 0 spiro atoms. The molecule has 1 aliphatic rings. The molecule has 1 atom stereocenters. The summed E-state index contributed by atoms with van der Waals surface area (Å²) in [6.45, 7) is 1.42. The maximum Gasteiger partial charge on any atom is 0.0655 e. The lowest BCUT2D eigenvalue weighted by Crippen LogP contribution is -2.29. The Hall–Kier alpha value is -0.320. The summed E-state index contributed by atoms with van der Waals surface area (Å²) < 4.78 is 6.87. The molecule has 4 heteroatoms. The van der Waals surface area contributed by atoms with Gasteiger partial charge >= 0.3 is 0 Å². The van der Waals surface area contributed by atoms with Gasteiger partial charge in [-0.1, -0.05) is 6.08 Å². The van der Waals surface area contributed by atoms with Crippen LogP contribution in [0.4, 0.5) is 0 Å². The van der Waals surface area contributed by atoms with E-state index < -0.39 is 0 Å². The summed E-state index contributed by atoms with van der Waals surface area (Å²) in [5, 5.41) is 0. The van der Waals surface area contributed by atoms with Crippen LogP contribution in [0.5, 0.6) is 0 Å². The third-order valence-corrected chi connectivity index (χ3v) is 2.23. The topological polar surface area (TPSA) is 38.5 Å². The largest absolute Gasteiger partial charge is 0.383 e. The van der Waals surface area contributed by atoms with Crippen LogP contribution in [0.2, 0.25) is 0 Å². The van der Waals surface area contributed by atoms with Gasteiger partial charge in [-0.3, -0.25) is 0 Å². The zero-order chi connectivity index (χ0) is 8.97. The van der Waals surface area contributed by atoms with Crippen LogP contribution in [-0.4, -0.2) is 30.2 Å². The smallest absolute Gasteiger partial charge is 0.0655 e. The van der Waals surface area contributed by atoms with E-state index in [-0.39, 0.29) is 6.04 Å². The van der Waals surface area contributed by atoms with E-state index in [1.54, 1.807) is 7.11 Å². The molecule has 68 valence electrons. The van der Waals surface area contributed by atoms with Gasteiger partial charge in [0.2, 0.25) is 0 Å². The molecule has 12 heavy (non-hydrogen) atoms. The molecule has 1 heterocycles. The van der Waals surface area contributed by atoms with Gasteiger partial charge in [0.25, 0.3) is 0 Å². The van der Waals surface area contributed by atoms with Crippen LogP contribution in [0.25, 0.3) is 0 Å². The minimum absolute atomic E-state index is 0.00699. The van der Waals surface area contributed by atoms with Crippen LogP contribution in [0, 0.1) is 0 Å². The highest BCUT2D eigenvalue weighted by molar-refractivity contribution is 9.07. The highest BCUT2D eigenvalue weighted by Gasteiger charge is 2.09. The zero-order valence-corrected chi connectivity index (χ0v) is 8.62. The molecular weight excluding hydrogens is 220 g/mol. The number of ether oxygens (including phenoxy) is 1. The third-order valence-electron chi connectivity index (χ3n) is 1.70. The van der Waals surface area contributed by atoms with E-state index in [1.165, 1.54) is 0 Å². The van der Waals surface area contributed by atoms with Crippen LogP contribution in [0.3, 0.4) is 0 Å². The monoisotopic (exact) mass is 232 g/mol. The third kappa shape index (κ3) is 2.62. The molecule has 1 aliphatic heterocycles. The van der Waals surface area contributed by atoms with Gasteiger partial charge in [0.1, 0.15) is 0 Å². The molecule has 0 saturated heterocycles. The number of nitrogens with zero attached hydrogens (tertiary/aromatic N) is 1. The Morgan fingerprint density at radius 2 is 2.58 bits per heavy atom. The summed E-state index contributed by atoms with van der Waals surface area (Å²) in [5.74, 6) is 0. The molecular formula is C8H13BrN2O. The summed E-state index contributed by atoms with van der Waals surface area (Å²) in [4.78, 5) is 0. The number of rotatable bonds is 3. The van der Waals surface area contributed by atoms with E-state index in [9.17, 15) is 0 Å². The van der Waals surface area contributed by atoms with Gasteiger partial charge in [0.15, 0.2) is 0 Å². The average Bonchev–Trinajstić information content (AvgIpc) is 2.06. The van der Waals surface area contributed by atoms with Crippen molar-refractivity contribution >= 4 is 16.1 Å². The Kier molecular flexibility index (Phi) is 3.78. The van der Waals surface area contributed by atoms with Crippen molar-refractivity contribution in [3.8, 4) is 0 Å². The fraction of sp³-hybridized carbons (Fsp3) is 0.500. The van der Waals surface area contributed by atoms with Gasteiger partial charge in [0, 0.05) is 36.0 Å². The molecule has 2 N–H and O–H groups in total. The highest BCUT2D eigenvalue weighted by atomic mass is 79.9. The molecule has 0 saturated carbocycles. The highest BCUT2D eigenvalue weighted by Crippen LogP contribution is 2.12. The lowest BCUT2D eigenvalue weighted by molar-refractivity contribution is 0.190. The number of halogens is 1. The van der Waals surface area contributed by atoms with Gasteiger partial charge in [-0.05, 0) is 11.6 Å². The lowest BCUT2D eigenvalue weighted by Gasteiger charge is -2.18. The Morgan fingerprint density at radius 3 is 3.08 bits per heavy atom. The first-order valence-corrected chi connectivity index (χ1v) is 4.50. The summed E-state index contributed by atoms with van der Waals surface area (Å²) >= 11 is 3.33. The van der Waals surface area contributed by atoms with Gasteiger partial charge in [0.05, 0.1) is 12.6 Å². The number of nitrogens with two attached hydrogens (primary N) is 1. The van der Waals surface area contributed by atoms with Crippen molar-refractivity contribution in [2.75, 3.05) is 20.3 Å². The van der Waals surface area contributed by atoms with E-state index in [0.717, 1.165) is 12.1 Å². The predicted octanol–water partition coefficient (Wildman–Crippen LogP) is 1.03. The van der Waals surface area contributed by atoms with E-state index in [2.05, 4.69) is 22.2 Å². The molecule has 3 nitrogen and oxygen atoms in total. The van der Waals surface area contributed by atoms with Crippen molar-refractivity contribution in [1.82, 2.24) is 3.93 Å². The first kappa shape index (κ1) is 9.77. The number of hydrogen-bond donors (Lipinski definition) is 1. The van der Waals surface area contributed by atoms with E-state index in [0.29, 0.717) is 6.61 Å². The second-order valence-electron chi connectivity index (χ2n) is 2.66. The van der Waals surface area contributed by atoms with Crippen molar-refractivity contribution in [2.24, 2.45) is 5.73 Å². The molecule has 0 amide bonds. The molecule has 0 bridgehead atoms. The Bertz CT molecular complexity index is 203. The Labute approximate surface area is 81.2 Å². The number of hydrogen-bond acceptors (Lipinski definition) is 3. The average molecular weight is 233 g/mol. The molecule has 1 rings (SSSR count). The molecule has 0 radical (unpaired) electrons. The van der Waals surface area contributed by atoms with Gasteiger partial charge < -0.3 is 14.4 Å². The Balaban J connectivity index is 2.48.